The van der Waals surface area contributed by atoms with Gasteiger partial charge in [-0.15, -0.1) is 0 Å². The zero-order valence-electron chi connectivity index (χ0n) is 16.1. The lowest BCUT2D eigenvalue weighted by molar-refractivity contribution is -0.0320. The first-order valence-corrected chi connectivity index (χ1v) is 10.0. The predicted octanol–water partition coefficient (Wildman–Crippen LogP) is 3.34. The van der Waals surface area contributed by atoms with Crippen LogP contribution in [0, 0.1) is 5.92 Å². The Balaban J connectivity index is 2.19. The molecule has 1 fully saturated rings. The van der Waals surface area contributed by atoms with Crippen LogP contribution in [0.5, 0.6) is 0 Å². The molecule has 0 aromatic heterocycles. The van der Waals surface area contributed by atoms with Crippen LogP contribution in [0.3, 0.4) is 0 Å². The highest BCUT2D eigenvalue weighted by atomic mass is 16.5. The van der Waals surface area contributed by atoms with Crippen LogP contribution in [0.1, 0.15) is 65.7 Å². The largest absolute Gasteiger partial charge is 0.381 e. The maximum absolute atomic E-state index is 5.90. The highest BCUT2D eigenvalue weighted by Crippen LogP contribution is 2.12. The maximum atomic E-state index is 5.90. The van der Waals surface area contributed by atoms with Crippen LogP contribution < -0.4 is 10.6 Å². The first-order chi connectivity index (χ1) is 11.8. The van der Waals surface area contributed by atoms with Crippen LogP contribution in [-0.4, -0.2) is 51.5 Å². The molecule has 1 saturated heterocycles. The molecule has 1 unspecified atom stereocenters. The number of unbranched alkanes of at least 4 members (excludes halogenated alkanes) is 1. The van der Waals surface area contributed by atoms with E-state index < -0.39 is 0 Å². The number of rotatable bonds is 12. The summed E-state index contributed by atoms with van der Waals surface area (Å²) in [5.74, 6) is 1.65. The summed E-state index contributed by atoms with van der Waals surface area (Å²) in [5, 5.41) is 6.77. The monoisotopic (exact) mass is 341 g/mol. The molecule has 2 N–H and O–H groups in total. The second-order valence-electron chi connectivity index (χ2n) is 6.60. The molecule has 0 amide bonds. The van der Waals surface area contributed by atoms with Gasteiger partial charge in [-0.2, -0.15) is 0 Å². The third-order valence-corrected chi connectivity index (χ3v) is 4.53. The Morgan fingerprint density at radius 1 is 1.17 bits per heavy atom. The lowest BCUT2D eigenvalue weighted by Gasteiger charge is -2.22. The molecule has 0 saturated carbocycles. The van der Waals surface area contributed by atoms with Gasteiger partial charge in [0.15, 0.2) is 5.96 Å². The molecule has 1 atom stereocenters. The van der Waals surface area contributed by atoms with E-state index in [4.69, 9.17) is 14.5 Å². The maximum Gasteiger partial charge on any atom is 0.191 e. The van der Waals surface area contributed by atoms with Crippen molar-refractivity contribution in [3.8, 4) is 0 Å². The van der Waals surface area contributed by atoms with Gasteiger partial charge in [-0.1, -0.05) is 33.1 Å². The summed E-state index contributed by atoms with van der Waals surface area (Å²) in [6.07, 6.45) is 8.55. The SMILES string of the molecule is CCCCC(CC)CN=C(NCC)NCCCOC1CCOCC1. The van der Waals surface area contributed by atoms with Crippen molar-refractivity contribution < 1.29 is 9.47 Å². The highest BCUT2D eigenvalue weighted by molar-refractivity contribution is 5.79. The van der Waals surface area contributed by atoms with Gasteiger partial charge in [0.05, 0.1) is 6.10 Å². The number of guanidine groups is 1. The lowest BCUT2D eigenvalue weighted by Crippen LogP contribution is -2.38. The number of hydrogen-bond acceptors (Lipinski definition) is 3. The van der Waals surface area contributed by atoms with Crippen molar-refractivity contribution in [2.75, 3.05) is 39.5 Å². The number of ether oxygens (including phenoxy) is 2. The van der Waals surface area contributed by atoms with Crippen molar-refractivity contribution >= 4 is 5.96 Å². The number of hydrogen-bond donors (Lipinski definition) is 2. The minimum absolute atomic E-state index is 0.393. The molecule has 24 heavy (non-hydrogen) atoms. The van der Waals surface area contributed by atoms with Crippen molar-refractivity contribution in [2.24, 2.45) is 10.9 Å². The first kappa shape index (κ1) is 21.2. The normalized spacial score (nSPS) is 17.7. The van der Waals surface area contributed by atoms with Crippen molar-refractivity contribution in [1.82, 2.24) is 10.6 Å². The average Bonchev–Trinajstić information content (AvgIpc) is 2.62. The molecule has 0 aliphatic carbocycles. The lowest BCUT2D eigenvalue weighted by atomic mass is 10.00. The Bertz CT molecular complexity index is 318. The molecular formula is C19H39N3O2. The van der Waals surface area contributed by atoms with E-state index >= 15 is 0 Å². The van der Waals surface area contributed by atoms with Crippen LogP contribution in [0.2, 0.25) is 0 Å². The van der Waals surface area contributed by atoms with Gasteiger partial charge in [0.25, 0.3) is 0 Å². The fourth-order valence-corrected chi connectivity index (χ4v) is 2.85. The van der Waals surface area contributed by atoms with Gasteiger partial charge in [-0.25, -0.2) is 0 Å². The molecule has 0 bridgehead atoms. The quantitative estimate of drug-likeness (QED) is 0.325. The highest BCUT2D eigenvalue weighted by Gasteiger charge is 2.13. The van der Waals surface area contributed by atoms with Crippen molar-refractivity contribution in [1.29, 1.82) is 0 Å². The summed E-state index contributed by atoms with van der Waals surface area (Å²) in [6, 6.07) is 0. The summed E-state index contributed by atoms with van der Waals surface area (Å²) in [5.41, 5.74) is 0. The van der Waals surface area contributed by atoms with E-state index in [9.17, 15) is 0 Å². The molecule has 0 radical (unpaired) electrons. The van der Waals surface area contributed by atoms with E-state index in [0.717, 1.165) is 64.7 Å². The third kappa shape index (κ3) is 10.1. The fourth-order valence-electron chi connectivity index (χ4n) is 2.85. The zero-order valence-corrected chi connectivity index (χ0v) is 16.1. The molecule has 0 spiro atoms. The minimum Gasteiger partial charge on any atom is -0.381 e. The smallest absolute Gasteiger partial charge is 0.191 e. The Morgan fingerprint density at radius 2 is 1.96 bits per heavy atom. The molecule has 1 aliphatic heterocycles. The number of nitrogens with one attached hydrogen (secondary N) is 2. The summed E-state index contributed by atoms with van der Waals surface area (Å²) in [6.45, 7) is 11.9. The number of aliphatic imine (C=N–C) groups is 1. The molecule has 5 heteroatoms. The molecule has 1 heterocycles. The Labute approximate surface area is 149 Å². The molecule has 0 aromatic carbocycles. The Kier molecular flexibility index (Phi) is 12.9. The number of nitrogens with zero attached hydrogens (tertiary/aromatic N) is 1. The summed E-state index contributed by atoms with van der Waals surface area (Å²) in [4.78, 5) is 4.76. The van der Waals surface area contributed by atoms with Gasteiger partial charge >= 0.3 is 0 Å². The Morgan fingerprint density at radius 3 is 2.62 bits per heavy atom. The minimum atomic E-state index is 0.393. The third-order valence-electron chi connectivity index (χ3n) is 4.53. The first-order valence-electron chi connectivity index (χ1n) is 10.0. The summed E-state index contributed by atoms with van der Waals surface area (Å²) >= 11 is 0. The molecule has 0 aromatic rings. The summed E-state index contributed by atoms with van der Waals surface area (Å²) < 4.78 is 11.3. The van der Waals surface area contributed by atoms with Gasteiger partial charge in [0.2, 0.25) is 0 Å². The Hall–Kier alpha value is -0.810. The van der Waals surface area contributed by atoms with Gasteiger partial charge in [-0.3, -0.25) is 4.99 Å². The van der Waals surface area contributed by atoms with Crippen LogP contribution in [-0.2, 0) is 9.47 Å². The van der Waals surface area contributed by atoms with E-state index in [-0.39, 0.29) is 0 Å². The van der Waals surface area contributed by atoms with Crippen molar-refractivity contribution in [3.63, 3.8) is 0 Å². The van der Waals surface area contributed by atoms with Gasteiger partial charge in [0.1, 0.15) is 0 Å². The average molecular weight is 342 g/mol. The van der Waals surface area contributed by atoms with E-state index in [2.05, 4.69) is 31.4 Å². The fraction of sp³-hybridized carbons (Fsp3) is 0.947. The summed E-state index contributed by atoms with van der Waals surface area (Å²) in [7, 11) is 0. The van der Waals surface area contributed by atoms with E-state index in [1.165, 1.54) is 25.7 Å². The van der Waals surface area contributed by atoms with Gasteiger partial charge in [-0.05, 0) is 38.5 Å². The van der Waals surface area contributed by atoms with Crippen molar-refractivity contribution in [3.05, 3.63) is 0 Å². The second kappa shape index (κ2) is 14.5. The van der Waals surface area contributed by atoms with Crippen molar-refractivity contribution in [2.45, 2.75) is 71.8 Å². The van der Waals surface area contributed by atoms with E-state index in [0.29, 0.717) is 12.0 Å². The van der Waals surface area contributed by atoms with E-state index in [1.54, 1.807) is 0 Å². The van der Waals surface area contributed by atoms with E-state index in [1.807, 2.05) is 0 Å². The van der Waals surface area contributed by atoms with Gasteiger partial charge in [0, 0.05) is 39.5 Å². The molecule has 142 valence electrons. The van der Waals surface area contributed by atoms with Crippen LogP contribution in [0.25, 0.3) is 0 Å². The van der Waals surface area contributed by atoms with Crippen LogP contribution in [0.4, 0.5) is 0 Å². The predicted molar refractivity (Wildman–Crippen MR) is 102 cm³/mol. The topological polar surface area (TPSA) is 54.9 Å². The van der Waals surface area contributed by atoms with Gasteiger partial charge < -0.3 is 20.1 Å². The standard InChI is InChI=1S/C19H39N3O2/c1-4-7-9-17(5-2)16-22-19(20-6-3)21-12-8-13-24-18-10-14-23-15-11-18/h17-18H,4-16H2,1-3H3,(H2,20,21,22). The molecular weight excluding hydrogens is 302 g/mol. The molecule has 1 rings (SSSR count). The molecule has 5 nitrogen and oxygen atoms in total. The van der Waals surface area contributed by atoms with Crippen LogP contribution in [0.15, 0.2) is 4.99 Å². The zero-order chi connectivity index (χ0) is 17.5. The second-order valence-corrected chi connectivity index (χ2v) is 6.60. The molecule has 1 aliphatic rings. The van der Waals surface area contributed by atoms with Crippen LogP contribution >= 0.6 is 0 Å².